The van der Waals surface area contributed by atoms with Crippen molar-refractivity contribution in [3.63, 3.8) is 0 Å². The molecule has 2 aromatic rings. The molecule has 262 valence electrons. The lowest BCUT2D eigenvalue weighted by molar-refractivity contribution is -0.143. The number of rotatable bonds is 15. The summed E-state index contributed by atoms with van der Waals surface area (Å²) in [5, 5.41) is 48.7. The highest BCUT2D eigenvalue weighted by Crippen LogP contribution is 2.42. The number of phenols is 1. The van der Waals surface area contributed by atoms with Crippen molar-refractivity contribution < 1.29 is 62.5 Å². The average molecular weight is 701 g/mol. The van der Waals surface area contributed by atoms with Crippen molar-refractivity contribution in [2.75, 3.05) is 32.7 Å². The van der Waals surface area contributed by atoms with Crippen molar-refractivity contribution >= 4 is 45.4 Å². The number of benzene rings is 2. The summed E-state index contributed by atoms with van der Waals surface area (Å²) in [6.45, 7) is 2.52. The van der Waals surface area contributed by atoms with Crippen LogP contribution in [0.4, 0.5) is 0 Å². The van der Waals surface area contributed by atoms with Gasteiger partial charge >= 0.3 is 23.9 Å². The van der Waals surface area contributed by atoms with Gasteiger partial charge in [-0.15, -0.1) is 0 Å². The fourth-order valence-corrected chi connectivity index (χ4v) is 6.42. The number of carbonyl (C=O) groups is 5. The van der Waals surface area contributed by atoms with Gasteiger partial charge in [0.1, 0.15) is 10.6 Å². The van der Waals surface area contributed by atoms with Gasteiger partial charge in [-0.1, -0.05) is 18.2 Å². The van der Waals surface area contributed by atoms with Crippen LogP contribution in [0.15, 0.2) is 63.6 Å². The molecule has 0 heterocycles. The lowest BCUT2D eigenvalue weighted by Crippen LogP contribution is -2.37. The molecule has 0 aromatic heterocycles. The molecule has 0 aliphatic heterocycles. The molecule has 15 nitrogen and oxygen atoms in total. The first-order valence-electron chi connectivity index (χ1n) is 14.6. The van der Waals surface area contributed by atoms with E-state index >= 15 is 0 Å². The number of aryl methyl sites for hydroxylation is 1. The summed E-state index contributed by atoms with van der Waals surface area (Å²) in [6, 6.07) is 6.95. The van der Waals surface area contributed by atoms with Crippen molar-refractivity contribution in [3.05, 3.63) is 86.5 Å². The second-order valence-corrected chi connectivity index (χ2v) is 13.0. The highest BCUT2D eigenvalue weighted by Gasteiger charge is 2.31. The van der Waals surface area contributed by atoms with E-state index in [0.717, 1.165) is 15.9 Å². The number of carboxylic acid groups (broad SMARTS) is 4. The number of carbonyl (C=O) groups excluding carboxylic acids is 1. The highest BCUT2D eigenvalue weighted by molar-refractivity contribution is 7.86. The van der Waals surface area contributed by atoms with Gasteiger partial charge < -0.3 is 25.5 Å². The summed E-state index contributed by atoms with van der Waals surface area (Å²) < 4.78 is 35.6. The molecule has 3 rings (SSSR count). The molecule has 0 bridgehead atoms. The molecule has 16 heteroatoms. The molecule has 0 saturated carbocycles. The van der Waals surface area contributed by atoms with E-state index in [0.29, 0.717) is 0 Å². The molecule has 0 unspecified atom stereocenters. The minimum Gasteiger partial charge on any atom is -0.507 e. The van der Waals surface area contributed by atoms with Crippen LogP contribution >= 0.6 is 0 Å². The third kappa shape index (κ3) is 9.26. The van der Waals surface area contributed by atoms with Gasteiger partial charge in [0.15, 0.2) is 5.78 Å². The summed E-state index contributed by atoms with van der Waals surface area (Å²) >= 11 is 0. The first kappa shape index (κ1) is 38.3. The Morgan fingerprint density at radius 3 is 1.73 bits per heavy atom. The molecule has 1 aliphatic rings. The predicted octanol–water partition coefficient (Wildman–Crippen LogP) is 2.35. The summed E-state index contributed by atoms with van der Waals surface area (Å²) in [6.07, 6.45) is 1.47. The van der Waals surface area contributed by atoms with Gasteiger partial charge in [-0.05, 0) is 84.9 Å². The maximum absolute atomic E-state index is 13.5. The Hall–Kier alpha value is -5.16. The Morgan fingerprint density at radius 2 is 1.24 bits per heavy atom. The van der Waals surface area contributed by atoms with Crippen LogP contribution < -0.4 is 0 Å². The summed E-state index contributed by atoms with van der Waals surface area (Å²) in [7, 11) is -4.88. The Morgan fingerprint density at radius 1 is 0.755 bits per heavy atom. The van der Waals surface area contributed by atoms with E-state index < -0.39 is 77.4 Å². The Balaban J connectivity index is 2.50. The standard InChI is InChI=1S/C33H36N2O13S/c1-17-9-22(19(3)24(32(17)44)11-34(13-27(36)37)14-28(38)39)31(21-7-5-6-8-26(21)49(46,47)48)23-10-18(2)33(45)25(20(23)4)12-35(15-29(40)41)16-30(42)43/h5-10,44H,11-16H2,1-4H3,(H,36,37)(H,38,39)(H,40,41)(H,42,43)(H,46,47,48). The van der Waals surface area contributed by atoms with Gasteiger partial charge in [-0.25, -0.2) is 0 Å². The lowest BCUT2D eigenvalue weighted by Gasteiger charge is -2.28. The number of nitrogens with zero attached hydrogens (tertiary/aromatic N) is 2. The second-order valence-electron chi connectivity index (χ2n) is 11.6. The quantitative estimate of drug-likeness (QED) is 0.146. The molecular formula is C33H36N2O13S. The molecule has 0 fully saturated rings. The zero-order valence-corrected chi connectivity index (χ0v) is 27.9. The molecule has 1 aliphatic carbocycles. The largest absolute Gasteiger partial charge is 0.507 e. The van der Waals surface area contributed by atoms with E-state index in [4.69, 9.17) is 0 Å². The molecule has 0 radical (unpaired) electrons. The van der Waals surface area contributed by atoms with Crippen LogP contribution in [0, 0.1) is 13.8 Å². The van der Waals surface area contributed by atoms with Crippen molar-refractivity contribution in [1.82, 2.24) is 9.80 Å². The number of allylic oxidation sites excluding steroid dienone is 4. The first-order chi connectivity index (χ1) is 22.7. The minimum atomic E-state index is -4.88. The topological polar surface area (TPSA) is 247 Å². The van der Waals surface area contributed by atoms with Crippen LogP contribution in [0.2, 0.25) is 0 Å². The molecule has 6 N–H and O–H groups in total. The summed E-state index contributed by atoms with van der Waals surface area (Å²) in [4.78, 5) is 61.2. The van der Waals surface area contributed by atoms with Gasteiger partial charge in [-0.2, -0.15) is 8.42 Å². The van der Waals surface area contributed by atoms with Gasteiger partial charge in [0.2, 0.25) is 0 Å². The Bertz CT molecular complexity index is 1910. The Labute approximate surface area is 281 Å². The van der Waals surface area contributed by atoms with Crippen molar-refractivity contribution in [2.45, 2.75) is 39.1 Å². The van der Waals surface area contributed by atoms with Crippen LogP contribution in [0.25, 0.3) is 5.57 Å². The van der Waals surface area contributed by atoms with Crippen LogP contribution in [0.5, 0.6) is 5.75 Å². The third-order valence-electron chi connectivity index (χ3n) is 7.90. The Kier molecular flexibility index (Phi) is 12.0. The first-order valence-corrected chi connectivity index (χ1v) is 16.0. The second kappa shape index (κ2) is 15.4. The molecule has 0 saturated heterocycles. The van der Waals surface area contributed by atoms with E-state index in [1.807, 2.05) is 0 Å². The minimum absolute atomic E-state index is 0.0294. The van der Waals surface area contributed by atoms with E-state index in [-0.39, 0.29) is 68.0 Å². The molecule has 49 heavy (non-hydrogen) atoms. The van der Waals surface area contributed by atoms with Crippen LogP contribution in [-0.4, -0.2) is 111 Å². The fraction of sp³-hybridized carbons (Fsp3) is 0.303. The molecular weight excluding hydrogens is 664 g/mol. The molecule has 0 atom stereocenters. The predicted molar refractivity (Wildman–Crippen MR) is 174 cm³/mol. The molecule has 2 aromatic carbocycles. The number of ketones is 1. The highest BCUT2D eigenvalue weighted by atomic mass is 32.2. The van der Waals surface area contributed by atoms with Crippen molar-refractivity contribution in [1.29, 1.82) is 0 Å². The van der Waals surface area contributed by atoms with Gasteiger partial charge in [0, 0.05) is 29.8 Å². The smallest absolute Gasteiger partial charge is 0.317 e. The molecule has 0 amide bonds. The van der Waals surface area contributed by atoms with E-state index in [1.54, 1.807) is 6.92 Å². The number of hydrogen-bond donors (Lipinski definition) is 6. The SMILES string of the molecule is CC1=CC(=C(c2ccccc2S(=O)(=O)O)c2cc(C)c(O)c(CN(CC(=O)O)CC(=O)O)c2C)C(C)=C(CN(CC(=O)O)CC(=O)O)C1=O. The van der Waals surface area contributed by atoms with Gasteiger partial charge in [-0.3, -0.25) is 38.3 Å². The number of carboxylic acids is 4. The zero-order valence-electron chi connectivity index (χ0n) is 27.1. The van der Waals surface area contributed by atoms with E-state index in [9.17, 15) is 62.5 Å². The summed E-state index contributed by atoms with van der Waals surface area (Å²) in [5.74, 6) is -6.10. The maximum Gasteiger partial charge on any atom is 0.317 e. The summed E-state index contributed by atoms with van der Waals surface area (Å²) in [5.41, 5.74) is 1.70. The van der Waals surface area contributed by atoms with Crippen LogP contribution in [0.3, 0.4) is 0 Å². The fourth-order valence-electron chi connectivity index (χ4n) is 5.72. The van der Waals surface area contributed by atoms with E-state index in [1.165, 1.54) is 51.1 Å². The van der Waals surface area contributed by atoms with Crippen LogP contribution in [-0.2, 0) is 40.6 Å². The van der Waals surface area contributed by atoms with Crippen molar-refractivity contribution in [2.24, 2.45) is 0 Å². The van der Waals surface area contributed by atoms with Gasteiger partial charge in [0.25, 0.3) is 10.1 Å². The monoisotopic (exact) mass is 700 g/mol. The molecule has 0 spiro atoms. The zero-order chi connectivity index (χ0) is 37.0. The number of Topliss-reactive ketones (excluding diaryl/α,β-unsaturated/α-hetero) is 1. The normalized spacial score (nSPS) is 14.7. The number of phenolic OH excluding ortho intramolecular Hbond substituents is 1. The van der Waals surface area contributed by atoms with Crippen molar-refractivity contribution in [3.8, 4) is 5.75 Å². The lowest BCUT2D eigenvalue weighted by atomic mass is 9.80. The van der Waals surface area contributed by atoms with E-state index in [2.05, 4.69) is 0 Å². The van der Waals surface area contributed by atoms with Crippen LogP contribution in [0.1, 0.15) is 41.7 Å². The number of aromatic hydroxyl groups is 1. The van der Waals surface area contributed by atoms with Gasteiger partial charge in [0.05, 0.1) is 26.2 Å². The number of hydrogen-bond acceptors (Lipinski definition) is 10. The number of aliphatic carboxylic acids is 4. The third-order valence-corrected chi connectivity index (χ3v) is 8.81. The maximum atomic E-state index is 13.5. The average Bonchev–Trinajstić information content (AvgIpc) is 2.97.